The van der Waals surface area contributed by atoms with Crippen molar-refractivity contribution in [1.29, 1.82) is 0 Å². The molecule has 0 fully saturated rings. The number of aromatic amines is 2. The fourth-order valence-corrected chi connectivity index (χ4v) is 3.17. The van der Waals surface area contributed by atoms with Crippen molar-refractivity contribution in [3.05, 3.63) is 62.7 Å². The van der Waals surface area contributed by atoms with Crippen LogP contribution in [-0.2, 0) is 14.8 Å². The van der Waals surface area contributed by atoms with E-state index in [2.05, 4.69) is 9.71 Å². The molecule has 1 aromatic heterocycles. The lowest BCUT2D eigenvalue weighted by Crippen LogP contribution is -2.29. The summed E-state index contributed by atoms with van der Waals surface area (Å²) in [6.45, 7) is 0. The molecular weight excluding hydrogens is 329 g/mol. The highest BCUT2D eigenvalue weighted by Crippen LogP contribution is 2.19. The van der Waals surface area contributed by atoms with Gasteiger partial charge in [0.15, 0.2) is 0 Å². The van der Waals surface area contributed by atoms with E-state index in [1.165, 1.54) is 31.4 Å². The second-order valence-electron chi connectivity index (χ2n) is 4.64. The predicted molar refractivity (Wildman–Crippen MR) is 81.2 cm³/mol. The van der Waals surface area contributed by atoms with Gasteiger partial charge in [-0.15, -0.1) is 0 Å². The maximum Gasteiger partial charge on any atom is 0.325 e. The fourth-order valence-electron chi connectivity index (χ4n) is 1.87. The zero-order valence-electron chi connectivity index (χ0n) is 12.0. The van der Waals surface area contributed by atoms with Gasteiger partial charge in [-0.2, -0.15) is 0 Å². The van der Waals surface area contributed by atoms with Crippen LogP contribution in [0.2, 0.25) is 0 Å². The minimum absolute atomic E-state index is 0.321. The number of anilines is 1. The number of aromatic nitrogens is 2. The van der Waals surface area contributed by atoms with Crippen LogP contribution < -0.4 is 16.0 Å². The van der Waals surface area contributed by atoms with Gasteiger partial charge < -0.3 is 9.72 Å². The van der Waals surface area contributed by atoms with Gasteiger partial charge in [0.2, 0.25) is 10.0 Å². The first kappa shape index (κ1) is 16.9. The molecule has 1 aromatic carbocycles. The number of hydrogen-bond donors (Lipinski definition) is 3. The molecule has 0 radical (unpaired) electrons. The van der Waals surface area contributed by atoms with Gasteiger partial charge in [-0.05, 0) is 17.7 Å². The Labute approximate surface area is 130 Å². The van der Waals surface area contributed by atoms with Gasteiger partial charge in [0, 0.05) is 13.3 Å². The number of benzene rings is 1. The Morgan fingerprint density at radius 1 is 1.26 bits per heavy atom. The Bertz CT molecular complexity index is 889. The maximum atomic E-state index is 12.9. The predicted octanol–water partition coefficient (Wildman–Crippen LogP) is 0.332. The van der Waals surface area contributed by atoms with E-state index in [-0.39, 0.29) is 5.69 Å². The summed E-state index contributed by atoms with van der Waals surface area (Å²) in [5.74, 6) is -0.947. The number of hydrogen-bond acceptors (Lipinski definition) is 5. The second-order valence-corrected chi connectivity index (χ2v) is 6.41. The summed E-state index contributed by atoms with van der Waals surface area (Å²) < 4.78 is 44.4. The van der Waals surface area contributed by atoms with Crippen molar-refractivity contribution < 1.29 is 17.5 Å². The van der Waals surface area contributed by atoms with Crippen LogP contribution in [0.25, 0.3) is 0 Å². The van der Waals surface area contributed by atoms with Gasteiger partial charge in [-0.3, -0.25) is 14.5 Å². The van der Waals surface area contributed by atoms with Crippen LogP contribution in [0, 0.1) is 5.82 Å². The van der Waals surface area contributed by atoms with Crippen LogP contribution in [-0.4, -0.2) is 31.2 Å². The van der Waals surface area contributed by atoms with Crippen molar-refractivity contribution >= 4 is 15.7 Å². The second kappa shape index (κ2) is 6.75. The first-order valence-electron chi connectivity index (χ1n) is 6.41. The largest absolute Gasteiger partial charge is 0.376 e. The molecule has 0 bridgehead atoms. The highest BCUT2D eigenvalue weighted by molar-refractivity contribution is 7.92. The van der Waals surface area contributed by atoms with Gasteiger partial charge in [0.1, 0.15) is 11.5 Å². The van der Waals surface area contributed by atoms with Crippen LogP contribution >= 0.6 is 0 Å². The fraction of sp³-hybridized carbons (Fsp3) is 0.231. The number of methoxy groups -OCH3 is 1. The Hall–Kier alpha value is -2.46. The molecule has 1 unspecified atom stereocenters. The first-order chi connectivity index (χ1) is 10.8. The molecule has 0 aliphatic carbocycles. The van der Waals surface area contributed by atoms with Gasteiger partial charge in [-0.1, -0.05) is 12.1 Å². The van der Waals surface area contributed by atoms with E-state index < -0.39 is 38.9 Å². The molecule has 2 rings (SSSR count). The molecule has 8 nitrogen and oxygen atoms in total. The Morgan fingerprint density at radius 2 is 1.91 bits per heavy atom. The SMILES string of the molecule is COC(CS(=O)(=O)Nc1c[nH]c(=O)[nH]c1=O)c1ccc(F)cc1. The first-order valence-corrected chi connectivity index (χ1v) is 8.07. The number of H-pyrrole nitrogens is 2. The number of ether oxygens (including phenoxy) is 1. The van der Waals surface area contributed by atoms with E-state index in [9.17, 15) is 22.4 Å². The minimum Gasteiger partial charge on any atom is -0.376 e. The van der Waals surface area contributed by atoms with Crippen molar-refractivity contribution in [2.75, 3.05) is 17.6 Å². The zero-order valence-corrected chi connectivity index (χ0v) is 12.8. The summed E-state index contributed by atoms with van der Waals surface area (Å²) in [5, 5.41) is 0. The topological polar surface area (TPSA) is 121 Å². The number of rotatable bonds is 6. The molecule has 0 saturated carbocycles. The minimum atomic E-state index is -3.95. The molecule has 2 aromatic rings. The highest BCUT2D eigenvalue weighted by Gasteiger charge is 2.21. The lowest BCUT2D eigenvalue weighted by Gasteiger charge is -2.16. The molecule has 10 heteroatoms. The van der Waals surface area contributed by atoms with E-state index in [1.807, 2.05) is 4.98 Å². The molecule has 1 heterocycles. The van der Waals surface area contributed by atoms with Gasteiger partial charge >= 0.3 is 5.69 Å². The van der Waals surface area contributed by atoms with Crippen molar-refractivity contribution in [2.24, 2.45) is 0 Å². The molecule has 0 aliphatic rings. The molecule has 0 saturated heterocycles. The maximum absolute atomic E-state index is 12.9. The monoisotopic (exact) mass is 343 g/mol. The standard InChI is InChI=1S/C13H14FN3O5S/c1-22-11(8-2-4-9(14)5-3-8)7-23(20,21)17-10-6-15-13(19)16-12(10)18/h2-6,11,17H,7H2,1H3,(H2,15,16,18,19). The smallest absolute Gasteiger partial charge is 0.325 e. The quantitative estimate of drug-likeness (QED) is 0.698. The molecule has 124 valence electrons. The Kier molecular flexibility index (Phi) is 4.96. The van der Waals surface area contributed by atoms with Crippen LogP contribution in [0.5, 0.6) is 0 Å². The third kappa shape index (κ3) is 4.50. The third-order valence-electron chi connectivity index (χ3n) is 2.98. The van der Waals surface area contributed by atoms with Crippen molar-refractivity contribution in [2.45, 2.75) is 6.10 Å². The lowest BCUT2D eigenvalue weighted by atomic mass is 10.1. The van der Waals surface area contributed by atoms with E-state index in [4.69, 9.17) is 4.74 Å². The van der Waals surface area contributed by atoms with Gasteiger partial charge in [0.05, 0.1) is 11.9 Å². The molecule has 1 atom stereocenters. The number of sulfonamides is 1. The molecule has 0 spiro atoms. The lowest BCUT2D eigenvalue weighted by molar-refractivity contribution is 0.122. The number of halogens is 1. The van der Waals surface area contributed by atoms with Crippen LogP contribution in [0.3, 0.4) is 0 Å². The van der Waals surface area contributed by atoms with Crippen molar-refractivity contribution in [3.8, 4) is 0 Å². The van der Waals surface area contributed by atoms with Crippen LogP contribution in [0.4, 0.5) is 10.1 Å². The van der Waals surface area contributed by atoms with Crippen LogP contribution in [0.1, 0.15) is 11.7 Å². The summed E-state index contributed by atoms with van der Waals surface area (Å²) in [4.78, 5) is 26.5. The Balaban J connectivity index is 2.20. The van der Waals surface area contributed by atoms with Crippen molar-refractivity contribution in [1.82, 2.24) is 9.97 Å². The third-order valence-corrected chi connectivity index (χ3v) is 4.25. The van der Waals surface area contributed by atoms with E-state index in [1.54, 1.807) is 0 Å². The molecule has 0 aliphatic heterocycles. The Morgan fingerprint density at radius 3 is 2.48 bits per heavy atom. The highest BCUT2D eigenvalue weighted by atomic mass is 32.2. The summed E-state index contributed by atoms with van der Waals surface area (Å²) in [6.07, 6.45) is 0.105. The molecule has 3 N–H and O–H groups in total. The van der Waals surface area contributed by atoms with Crippen LogP contribution in [0.15, 0.2) is 40.1 Å². The summed E-state index contributed by atoms with van der Waals surface area (Å²) in [5.41, 5.74) is -1.47. The molecule has 0 amide bonds. The normalized spacial score (nSPS) is 12.8. The van der Waals surface area contributed by atoms with E-state index in [0.29, 0.717) is 5.56 Å². The van der Waals surface area contributed by atoms with Gasteiger partial charge in [-0.25, -0.2) is 17.6 Å². The molecular formula is C13H14FN3O5S. The summed E-state index contributed by atoms with van der Waals surface area (Å²) in [6, 6.07) is 5.19. The van der Waals surface area contributed by atoms with E-state index in [0.717, 1.165) is 6.20 Å². The van der Waals surface area contributed by atoms with Gasteiger partial charge in [0.25, 0.3) is 5.56 Å². The average molecular weight is 343 g/mol. The van der Waals surface area contributed by atoms with Crippen molar-refractivity contribution in [3.63, 3.8) is 0 Å². The number of nitrogens with one attached hydrogen (secondary N) is 3. The summed E-state index contributed by atoms with van der Waals surface area (Å²) in [7, 11) is -2.63. The summed E-state index contributed by atoms with van der Waals surface area (Å²) >= 11 is 0. The zero-order chi connectivity index (χ0) is 17.0. The average Bonchev–Trinajstić information content (AvgIpc) is 2.49. The van der Waals surface area contributed by atoms with E-state index >= 15 is 0 Å². The molecule has 23 heavy (non-hydrogen) atoms.